The van der Waals surface area contributed by atoms with Crippen molar-refractivity contribution in [3.8, 4) is 0 Å². The van der Waals surface area contributed by atoms with E-state index in [1.54, 1.807) is 46.2 Å². The number of carbonyl (C=O) groups is 2. The Morgan fingerprint density at radius 1 is 0.590 bits per heavy atom. The first-order valence-corrected chi connectivity index (χ1v) is 23.7. The lowest BCUT2D eigenvalue weighted by Gasteiger charge is -2.26. The number of nitrogens with one attached hydrogen (secondary N) is 1. The van der Waals surface area contributed by atoms with Gasteiger partial charge in [-0.05, 0) is 122 Å². The number of sulfonamides is 1. The van der Waals surface area contributed by atoms with Crippen molar-refractivity contribution in [1.82, 2.24) is 10.2 Å². The van der Waals surface area contributed by atoms with Crippen molar-refractivity contribution in [3.63, 3.8) is 0 Å². The summed E-state index contributed by atoms with van der Waals surface area (Å²) in [6.45, 7) is 2.18. The molecule has 318 valence electrons. The zero-order valence-corrected chi connectivity index (χ0v) is 36.3. The number of anilines is 5. The van der Waals surface area contributed by atoms with Crippen LogP contribution in [0, 0.1) is 11.6 Å². The van der Waals surface area contributed by atoms with Crippen LogP contribution in [-0.2, 0) is 41.5 Å². The SMILES string of the molecule is O=C1[C@@H](N2CCc3c2ccc(F)c3Cl)CCN1c1ccc(S(=O)(=O)Cl)cc1.O=C1[C@@H](N2CCc3c2ccc(F)c3Cl)CCN1c1ccc(S(=O)(=O)Nc2ccc(Cl)nn2)cc1. The molecule has 0 aliphatic carbocycles. The molecule has 9 rings (SSSR count). The predicted octanol–water partition coefficient (Wildman–Crippen LogP) is 7.47. The fourth-order valence-corrected chi connectivity index (χ4v) is 10.5. The predicted molar refractivity (Wildman–Crippen MR) is 230 cm³/mol. The molecule has 2 atom stereocenters. The van der Waals surface area contributed by atoms with Gasteiger partial charge in [-0.3, -0.25) is 14.3 Å². The summed E-state index contributed by atoms with van der Waals surface area (Å²) < 4.78 is 77.8. The Kier molecular flexibility index (Phi) is 11.8. The van der Waals surface area contributed by atoms with Gasteiger partial charge in [0, 0.05) is 59.6 Å². The Balaban J connectivity index is 0.000000173. The molecule has 5 aromatic rings. The van der Waals surface area contributed by atoms with Crippen molar-refractivity contribution in [2.45, 2.75) is 47.6 Å². The minimum atomic E-state index is -3.90. The van der Waals surface area contributed by atoms with Crippen LogP contribution in [0.25, 0.3) is 0 Å². The summed E-state index contributed by atoms with van der Waals surface area (Å²) in [6, 6.07) is 20.0. The minimum absolute atomic E-state index is 0.0127. The Bertz CT molecular complexity index is 2770. The van der Waals surface area contributed by atoms with Crippen LogP contribution in [0.3, 0.4) is 0 Å². The number of hydrogen-bond donors (Lipinski definition) is 1. The summed E-state index contributed by atoms with van der Waals surface area (Å²) in [5, 5.41) is 7.68. The third kappa shape index (κ3) is 8.43. The molecule has 0 radical (unpaired) electrons. The van der Waals surface area contributed by atoms with Gasteiger partial charge >= 0.3 is 0 Å². The van der Waals surface area contributed by atoms with E-state index in [9.17, 15) is 35.2 Å². The number of aromatic nitrogens is 2. The maximum Gasteiger partial charge on any atom is 0.263 e. The lowest BCUT2D eigenvalue weighted by Crippen LogP contribution is -2.41. The van der Waals surface area contributed by atoms with Crippen LogP contribution in [-0.4, -0.2) is 77.1 Å². The molecule has 0 bridgehead atoms. The Hall–Kier alpha value is -4.78. The first-order valence-electron chi connectivity index (χ1n) is 18.8. The number of amides is 2. The molecule has 2 saturated heterocycles. The van der Waals surface area contributed by atoms with Crippen molar-refractivity contribution in [2.75, 3.05) is 50.5 Å². The molecule has 13 nitrogen and oxygen atoms in total. The third-order valence-electron chi connectivity index (χ3n) is 11.0. The van der Waals surface area contributed by atoms with Crippen molar-refractivity contribution in [3.05, 3.63) is 123 Å². The number of hydrogen-bond acceptors (Lipinski definition) is 10. The molecule has 0 spiro atoms. The second-order valence-corrected chi connectivity index (χ2v) is 19.9. The van der Waals surface area contributed by atoms with Crippen LogP contribution in [0.5, 0.6) is 0 Å². The molecule has 5 heterocycles. The zero-order valence-electron chi connectivity index (χ0n) is 31.6. The first kappa shape index (κ1) is 42.9. The highest BCUT2D eigenvalue weighted by atomic mass is 35.7. The van der Waals surface area contributed by atoms with E-state index in [4.69, 9.17) is 45.5 Å². The summed E-state index contributed by atoms with van der Waals surface area (Å²) in [6.07, 6.45) is 2.37. The standard InChI is InChI=1S/C22H18Cl2FN5O3S.C18H15Cl2FN2O3S/c23-19-7-8-20(27-26-19)28-34(32,33)14-3-1-13(2-4-14)29-12-10-18(22(29)31)30-11-9-15-17(30)6-5-16(25)21(15)24;19-17-13-7-9-23(15(13)6-5-14(17)21)16-8-10-22(18(16)24)11-1-3-12(4-2-11)27(20,25)26/h1-8,18H,9-12H2,(H,27,28);1-6,16H,7-10H2/t18-;16-/m00/s1. The molecule has 0 unspecified atom stereocenters. The highest BCUT2D eigenvalue weighted by Gasteiger charge is 2.41. The second-order valence-electron chi connectivity index (χ2n) is 14.5. The fraction of sp³-hybridized carbons (Fsp3) is 0.250. The van der Waals surface area contributed by atoms with Gasteiger partial charge in [-0.1, -0.05) is 34.8 Å². The van der Waals surface area contributed by atoms with Gasteiger partial charge in [0.2, 0.25) is 11.8 Å². The van der Waals surface area contributed by atoms with E-state index in [1.165, 1.54) is 48.5 Å². The van der Waals surface area contributed by atoms with Crippen LogP contribution in [0.4, 0.5) is 37.3 Å². The van der Waals surface area contributed by atoms with Crippen molar-refractivity contribution >= 4 is 105 Å². The van der Waals surface area contributed by atoms with Gasteiger partial charge in [-0.15, -0.1) is 10.2 Å². The van der Waals surface area contributed by atoms with Crippen molar-refractivity contribution in [2.24, 2.45) is 0 Å². The minimum Gasteiger partial charge on any atom is -0.359 e. The Morgan fingerprint density at radius 3 is 1.48 bits per heavy atom. The van der Waals surface area contributed by atoms with Gasteiger partial charge in [0.05, 0.1) is 19.8 Å². The average Bonchev–Trinajstić information content (AvgIpc) is 4.04. The number of nitrogens with zero attached hydrogens (tertiary/aromatic N) is 6. The fourth-order valence-electron chi connectivity index (χ4n) is 8.11. The lowest BCUT2D eigenvalue weighted by molar-refractivity contribution is -0.119. The first-order chi connectivity index (χ1) is 29.0. The molecule has 21 heteroatoms. The summed E-state index contributed by atoms with van der Waals surface area (Å²) >= 11 is 17.9. The molecule has 2 amide bonds. The summed E-state index contributed by atoms with van der Waals surface area (Å²) in [5.74, 6) is -1.06. The molecule has 2 fully saturated rings. The molecule has 1 aromatic heterocycles. The van der Waals surface area contributed by atoms with E-state index >= 15 is 0 Å². The molecule has 61 heavy (non-hydrogen) atoms. The highest BCUT2D eigenvalue weighted by molar-refractivity contribution is 8.13. The molecular formula is C40H33Cl4F2N7O6S2. The summed E-state index contributed by atoms with van der Waals surface area (Å²) in [4.78, 5) is 33.4. The van der Waals surface area contributed by atoms with Crippen molar-refractivity contribution < 1.29 is 35.2 Å². The Labute approximate surface area is 369 Å². The molecule has 0 saturated carbocycles. The summed E-state index contributed by atoms with van der Waals surface area (Å²) in [7, 11) is -2.37. The van der Waals surface area contributed by atoms with Gasteiger partial charge in [-0.2, -0.15) is 0 Å². The molecule has 4 aliphatic heterocycles. The van der Waals surface area contributed by atoms with Gasteiger partial charge < -0.3 is 19.6 Å². The number of halogens is 6. The van der Waals surface area contributed by atoms with E-state index in [0.29, 0.717) is 63.2 Å². The zero-order chi connectivity index (χ0) is 43.4. The number of rotatable bonds is 8. The second kappa shape index (κ2) is 16.8. The van der Waals surface area contributed by atoms with Crippen molar-refractivity contribution in [1.29, 1.82) is 0 Å². The Morgan fingerprint density at radius 2 is 1.05 bits per heavy atom. The van der Waals surface area contributed by atoms with Crippen LogP contribution < -0.4 is 24.3 Å². The van der Waals surface area contributed by atoms with Crippen LogP contribution in [0.2, 0.25) is 15.2 Å². The maximum atomic E-state index is 13.8. The van der Waals surface area contributed by atoms with Gasteiger partial charge in [-0.25, -0.2) is 25.6 Å². The van der Waals surface area contributed by atoms with Gasteiger partial charge in [0.25, 0.3) is 19.1 Å². The highest BCUT2D eigenvalue weighted by Crippen LogP contribution is 2.40. The van der Waals surface area contributed by atoms with E-state index in [-0.39, 0.29) is 48.7 Å². The topological polar surface area (TPSA) is 153 Å². The molecule has 1 N–H and O–H groups in total. The van der Waals surface area contributed by atoms with Crippen LogP contribution >= 0.6 is 45.5 Å². The quantitative estimate of drug-likeness (QED) is 0.155. The third-order valence-corrected chi connectivity index (χ3v) is 14.8. The van der Waals surface area contributed by atoms with Crippen LogP contribution in [0.1, 0.15) is 24.0 Å². The normalized spacial score (nSPS) is 18.7. The number of benzene rings is 4. The molecule has 4 aromatic carbocycles. The number of carbonyl (C=O) groups excluding carboxylic acids is 2. The maximum absolute atomic E-state index is 13.8. The van der Waals surface area contributed by atoms with E-state index in [2.05, 4.69) is 14.9 Å². The van der Waals surface area contributed by atoms with Gasteiger partial charge in [0.1, 0.15) is 23.7 Å². The van der Waals surface area contributed by atoms with E-state index in [1.807, 2.05) is 9.80 Å². The van der Waals surface area contributed by atoms with E-state index < -0.39 is 36.8 Å². The lowest BCUT2D eigenvalue weighted by atomic mass is 10.1. The van der Waals surface area contributed by atoms with Gasteiger partial charge in [0.15, 0.2) is 11.0 Å². The van der Waals surface area contributed by atoms with E-state index in [0.717, 1.165) is 22.5 Å². The number of fused-ring (bicyclic) bond motifs is 2. The average molecular weight is 952 g/mol. The molecular weight excluding hydrogens is 918 g/mol. The smallest absolute Gasteiger partial charge is 0.263 e. The molecule has 4 aliphatic rings. The van der Waals surface area contributed by atoms with Crippen LogP contribution in [0.15, 0.2) is 94.7 Å². The summed E-state index contributed by atoms with van der Waals surface area (Å²) in [5.41, 5.74) is 4.24. The largest absolute Gasteiger partial charge is 0.359 e. The monoisotopic (exact) mass is 949 g/mol.